The lowest BCUT2D eigenvalue weighted by Gasteiger charge is -2.50. The first-order valence-electron chi connectivity index (χ1n) is 15.3. The predicted molar refractivity (Wildman–Crippen MR) is 170 cm³/mol. The Bertz CT molecular complexity index is 2050. The maximum absolute atomic E-state index is 14.7. The Kier molecular flexibility index (Phi) is 6.30. The number of fused-ring (bicyclic) bond motifs is 3. The molecule has 2 bridgehead atoms. The zero-order valence-corrected chi connectivity index (χ0v) is 25.2. The summed E-state index contributed by atoms with van der Waals surface area (Å²) in [7, 11) is -4.39. The molecule has 5 aromatic rings. The summed E-state index contributed by atoms with van der Waals surface area (Å²) >= 11 is 0. The van der Waals surface area contributed by atoms with Crippen molar-refractivity contribution >= 4 is 26.9 Å². The van der Waals surface area contributed by atoms with E-state index in [-0.39, 0.29) is 28.6 Å². The molecule has 5 nitrogen and oxygen atoms in total. The number of hydrogen-bond acceptors (Lipinski definition) is 4. The molecular weight excluding hydrogens is 568 g/mol. The molecule has 0 radical (unpaired) electrons. The van der Waals surface area contributed by atoms with Gasteiger partial charge < -0.3 is 4.74 Å². The summed E-state index contributed by atoms with van der Waals surface area (Å²) in [6, 6.07) is 32.6. The first-order chi connectivity index (χ1) is 21.3. The van der Waals surface area contributed by atoms with Crippen molar-refractivity contribution < 1.29 is 22.5 Å². The van der Waals surface area contributed by atoms with Crippen LogP contribution in [0.2, 0.25) is 0 Å². The van der Waals surface area contributed by atoms with Crippen LogP contribution in [0, 0.1) is 12.8 Å². The molecule has 5 aromatic carbocycles. The molecule has 44 heavy (non-hydrogen) atoms. The monoisotopic (exact) mass is 600 g/mol. The molecule has 0 amide bonds. The van der Waals surface area contributed by atoms with Gasteiger partial charge in [-0.2, -0.15) is 8.42 Å². The summed E-state index contributed by atoms with van der Waals surface area (Å²) in [6.07, 6.45) is 2.79. The van der Waals surface area contributed by atoms with E-state index in [1.165, 1.54) is 33.5 Å². The molecule has 9 rings (SSSR count). The minimum Gasteiger partial charge on any atom is -0.426 e. The van der Waals surface area contributed by atoms with Crippen LogP contribution in [-0.4, -0.2) is 18.9 Å². The van der Waals surface area contributed by atoms with E-state index in [9.17, 15) is 17.8 Å². The number of carbonyl (C=O) groups excluding carboxylic acids is 1. The average molecular weight is 601 g/mol. The Balaban J connectivity index is 1.32. The largest absolute Gasteiger partial charge is 0.426 e. The fraction of sp³-hybridized carbons (Fsp3) is 0.237. The van der Waals surface area contributed by atoms with Gasteiger partial charge in [0, 0.05) is 17.8 Å². The number of ether oxygens (including phenoxy) is 1. The van der Waals surface area contributed by atoms with Gasteiger partial charge in [0.25, 0.3) is 10.1 Å². The maximum atomic E-state index is 14.7. The average Bonchev–Trinajstić information content (AvgIpc) is 3.04. The quantitative estimate of drug-likeness (QED) is 0.129. The van der Waals surface area contributed by atoms with E-state index in [0.29, 0.717) is 29.7 Å². The van der Waals surface area contributed by atoms with Crippen molar-refractivity contribution in [1.82, 2.24) is 0 Å². The van der Waals surface area contributed by atoms with Crippen LogP contribution >= 0.6 is 0 Å². The summed E-state index contributed by atoms with van der Waals surface area (Å²) in [6.45, 7) is 2.16. The van der Waals surface area contributed by atoms with E-state index in [2.05, 4.69) is 73.7 Å². The van der Waals surface area contributed by atoms with Gasteiger partial charge in [0.15, 0.2) is 0 Å². The minimum absolute atomic E-state index is 0.0272. The van der Waals surface area contributed by atoms with Crippen molar-refractivity contribution in [3.63, 3.8) is 0 Å². The number of aryl methyl sites for hydroxylation is 1. The van der Waals surface area contributed by atoms with Gasteiger partial charge in [-0.1, -0.05) is 84.9 Å². The number of benzene rings is 5. The Morgan fingerprint density at radius 1 is 0.705 bits per heavy atom. The van der Waals surface area contributed by atoms with Crippen LogP contribution in [0.4, 0.5) is 0 Å². The lowest BCUT2D eigenvalue weighted by atomic mass is 9.52. The van der Waals surface area contributed by atoms with Crippen LogP contribution in [0.5, 0.6) is 5.75 Å². The molecule has 0 aromatic heterocycles. The highest BCUT2D eigenvalue weighted by atomic mass is 32.2. The van der Waals surface area contributed by atoms with Crippen molar-refractivity contribution in [3.8, 4) is 5.75 Å². The molecule has 220 valence electrons. The molecule has 1 N–H and O–H groups in total. The number of hydrogen-bond donors (Lipinski definition) is 1. The van der Waals surface area contributed by atoms with E-state index in [4.69, 9.17) is 4.74 Å². The molecule has 0 spiro atoms. The predicted octanol–water partition coefficient (Wildman–Crippen LogP) is 7.87. The Labute approximate surface area is 257 Å². The van der Waals surface area contributed by atoms with Gasteiger partial charge in [-0.25, -0.2) is 0 Å². The number of rotatable bonds is 4. The van der Waals surface area contributed by atoms with Crippen molar-refractivity contribution in [2.75, 3.05) is 0 Å². The van der Waals surface area contributed by atoms with E-state index < -0.39 is 16.0 Å². The third-order valence-corrected chi connectivity index (χ3v) is 11.2. The molecule has 2 unspecified atom stereocenters. The SMILES string of the molecule is Cc1c(C2C3c4ccccc4C(c4ccccc43)C2C(=O)Oc2ccc(S(=O)(=O)O)c3c2CCCC3)ccc2ccccc12. The van der Waals surface area contributed by atoms with Gasteiger partial charge in [-0.3, -0.25) is 9.35 Å². The minimum atomic E-state index is -4.39. The molecule has 6 heteroatoms. The molecule has 4 aliphatic carbocycles. The zero-order valence-electron chi connectivity index (χ0n) is 24.4. The van der Waals surface area contributed by atoms with E-state index in [1.807, 2.05) is 18.2 Å². The molecule has 2 atom stereocenters. The molecule has 0 saturated carbocycles. The number of carbonyl (C=O) groups is 1. The summed E-state index contributed by atoms with van der Waals surface area (Å²) in [5.74, 6) is -0.785. The summed E-state index contributed by atoms with van der Waals surface area (Å²) in [5, 5.41) is 2.34. The van der Waals surface area contributed by atoms with E-state index in [1.54, 1.807) is 6.07 Å². The van der Waals surface area contributed by atoms with Crippen LogP contribution in [0.25, 0.3) is 10.8 Å². The van der Waals surface area contributed by atoms with Gasteiger partial charge in [0.2, 0.25) is 0 Å². The van der Waals surface area contributed by atoms with E-state index >= 15 is 0 Å². The zero-order chi connectivity index (χ0) is 30.2. The van der Waals surface area contributed by atoms with Gasteiger partial charge in [-0.05, 0) is 100 Å². The summed E-state index contributed by atoms with van der Waals surface area (Å²) < 4.78 is 40.6. The smallest absolute Gasteiger partial charge is 0.315 e. The fourth-order valence-corrected chi connectivity index (χ4v) is 9.23. The second-order valence-electron chi connectivity index (χ2n) is 12.4. The highest BCUT2D eigenvalue weighted by Crippen LogP contribution is 2.62. The molecule has 0 fully saturated rings. The second-order valence-corrected chi connectivity index (χ2v) is 13.8. The van der Waals surface area contributed by atoms with Crippen LogP contribution in [0.1, 0.15) is 75.1 Å². The summed E-state index contributed by atoms with van der Waals surface area (Å²) in [4.78, 5) is 14.6. The van der Waals surface area contributed by atoms with Gasteiger partial charge in [-0.15, -0.1) is 0 Å². The Morgan fingerprint density at radius 2 is 1.30 bits per heavy atom. The van der Waals surface area contributed by atoms with Gasteiger partial charge in [0.05, 0.1) is 10.8 Å². The van der Waals surface area contributed by atoms with Crippen LogP contribution in [0.15, 0.2) is 102 Å². The molecule has 0 aliphatic heterocycles. The van der Waals surface area contributed by atoms with Gasteiger partial charge in [0.1, 0.15) is 5.75 Å². The third kappa shape index (κ3) is 4.08. The van der Waals surface area contributed by atoms with Crippen molar-refractivity contribution in [2.45, 2.75) is 55.3 Å². The first kappa shape index (κ1) is 27.3. The third-order valence-electron chi connectivity index (χ3n) is 10.2. The molecule has 4 aliphatic rings. The van der Waals surface area contributed by atoms with Crippen LogP contribution in [0.3, 0.4) is 0 Å². The van der Waals surface area contributed by atoms with Gasteiger partial charge >= 0.3 is 5.97 Å². The topological polar surface area (TPSA) is 80.7 Å². The summed E-state index contributed by atoms with van der Waals surface area (Å²) in [5.41, 5.74) is 8.43. The van der Waals surface area contributed by atoms with Crippen molar-refractivity contribution in [1.29, 1.82) is 0 Å². The van der Waals surface area contributed by atoms with Crippen LogP contribution in [-0.2, 0) is 27.8 Å². The Hall–Kier alpha value is -4.26. The van der Waals surface area contributed by atoms with E-state index in [0.717, 1.165) is 29.5 Å². The lowest BCUT2D eigenvalue weighted by molar-refractivity contribution is -0.141. The molecule has 0 heterocycles. The maximum Gasteiger partial charge on any atom is 0.315 e. The highest BCUT2D eigenvalue weighted by molar-refractivity contribution is 7.85. The first-order valence-corrected chi connectivity index (χ1v) is 16.8. The Morgan fingerprint density at radius 3 is 1.95 bits per heavy atom. The van der Waals surface area contributed by atoms with Crippen LogP contribution < -0.4 is 4.74 Å². The van der Waals surface area contributed by atoms with Crippen molar-refractivity contribution in [2.24, 2.45) is 5.92 Å². The molecular formula is C38H32O5S. The second kappa shape index (κ2) is 10.1. The van der Waals surface area contributed by atoms with Crippen molar-refractivity contribution in [3.05, 3.63) is 142 Å². The normalized spacial score (nSPS) is 21.8. The number of esters is 1. The molecule has 0 saturated heterocycles. The lowest BCUT2D eigenvalue weighted by Crippen LogP contribution is -2.44. The fourth-order valence-electron chi connectivity index (χ4n) is 8.45. The highest BCUT2D eigenvalue weighted by Gasteiger charge is 2.54. The standard InChI is InChI=1S/C38H32O5S/c1-22-24-11-3-2-10-23(24)18-19-25(22)36-34-28-14-6-8-16-30(28)35(31-17-9-7-15-29(31)34)37(36)38(39)43-32-20-21-33(44(40,41)42)27-13-5-4-12-26(27)32/h2-3,6-11,14-21,34-37H,4-5,12-13H2,1H3,(H,40,41,42).